The fraction of sp³-hybridized carbons (Fsp3) is 0.667. The van der Waals surface area contributed by atoms with E-state index in [4.69, 9.17) is 9.47 Å². The van der Waals surface area contributed by atoms with E-state index in [1.54, 1.807) is 7.11 Å². The average Bonchev–Trinajstić information content (AvgIpc) is 2.39. The van der Waals surface area contributed by atoms with Gasteiger partial charge in [0.1, 0.15) is 5.75 Å². The molecule has 0 aliphatic heterocycles. The zero-order chi connectivity index (χ0) is 14.4. The highest BCUT2D eigenvalue weighted by molar-refractivity contribution is 5.41. The van der Waals surface area contributed by atoms with Gasteiger partial charge in [0.2, 0.25) is 0 Å². The number of aryl methyl sites for hydroxylation is 1. The standard InChI is InChI=1S/C15H26N2O2/c1-7-19-12(4)14(16-5)8-13-11(3)15(18-6)10(2)9-17-13/h9,12,14,16H,7-8H2,1-6H3. The van der Waals surface area contributed by atoms with E-state index in [0.717, 1.165) is 35.6 Å². The van der Waals surface area contributed by atoms with Gasteiger partial charge < -0.3 is 14.8 Å². The Morgan fingerprint density at radius 2 is 2.05 bits per heavy atom. The molecule has 4 heteroatoms. The van der Waals surface area contributed by atoms with Gasteiger partial charge >= 0.3 is 0 Å². The summed E-state index contributed by atoms with van der Waals surface area (Å²) >= 11 is 0. The first-order valence-electron chi connectivity index (χ1n) is 6.83. The van der Waals surface area contributed by atoms with Crippen LogP contribution in [0.1, 0.15) is 30.7 Å². The Kier molecular flexibility index (Phi) is 6.25. The van der Waals surface area contributed by atoms with E-state index in [0.29, 0.717) is 0 Å². The third kappa shape index (κ3) is 3.91. The smallest absolute Gasteiger partial charge is 0.128 e. The molecule has 2 unspecified atom stereocenters. The second-order valence-electron chi connectivity index (χ2n) is 4.81. The van der Waals surface area contributed by atoms with Crippen LogP contribution >= 0.6 is 0 Å². The first kappa shape index (κ1) is 15.9. The van der Waals surface area contributed by atoms with Crippen molar-refractivity contribution in [3.63, 3.8) is 0 Å². The zero-order valence-electron chi connectivity index (χ0n) is 12.9. The van der Waals surface area contributed by atoms with Crippen LogP contribution in [0.5, 0.6) is 5.75 Å². The Labute approximate surface area is 116 Å². The monoisotopic (exact) mass is 266 g/mol. The van der Waals surface area contributed by atoms with Crippen molar-refractivity contribution in [2.45, 2.75) is 46.3 Å². The van der Waals surface area contributed by atoms with Crippen LogP contribution in [-0.4, -0.2) is 37.9 Å². The van der Waals surface area contributed by atoms with Gasteiger partial charge in [-0.1, -0.05) is 0 Å². The van der Waals surface area contributed by atoms with E-state index < -0.39 is 0 Å². The highest BCUT2D eigenvalue weighted by Crippen LogP contribution is 2.25. The molecule has 0 bridgehead atoms. The van der Waals surface area contributed by atoms with Crippen LogP contribution in [0, 0.1) is 13.8 Å². The molecule has 108 valence electrons. The summed E-state index contributed by atoms with van der Waals surface area (Å²) in [6, 6.07) is 0.249. The molecule has 1 rings (SSSR count). The molecule has 0 radical (unpaired) electrons. The molecule has 1 aromatic heterocycles. The normalized spacial score (nSPS) is 14.2. The average molecular weight is 266 g/mol. The molecule has 0 fully saturated rings. The molecule has 0 aliphatic rings. The van der Waals surface area contributed by atoms with Crippen molar-refractivity contribution in [3.05, 3.63) is 23.0 Å². The maximum Gasteiger partial charge on any atom is 0.128 e. The number of likely N-dealkylation sites (N-methyl/N-ethyl adjacent to an activating group) is 1. The summed E-state index contributed by atoms with van der Waals surface area (Å²) in [7, 11) is 3.67. The maximum atomic E-state index is 5.67. The van der Waals surface area contributed by atoms with E-state index in [-0.39, 0.29) is 12.1 Å². The molecule has 0 aromatic carbocycles. The van der Waals surface area contributed by atoms with E-state index >= 15 is 0 Å². The summed E-state index contributed by atoms with van der Waals surface area (Å²) in [5, 5.41) is 3.31. The van der Waals surface area contributed by atoms with E-state index in [1.807, 2.05) is 27.1 Å². The quantitative estimate of drug-likeness (QED) is 0.822. The SMILES string of the molecule is CCOC(C)C(Cc1ncc(C)c(OC)c1C)NC. The molecule has 1 N–H and O–H groups in total. The summed E-state index contributed by atoms with van der Waals surface area (Å²) in [5.74, 6) is 0.934. The number of methoxy groups -OCH3 is 1. The lowest BCUT2D eigenvalue weighted by Gasteiger charge is -2.24. The Morgan fingerprint density at radius 1 is 1.37 bits per heavy atom. The summed E-state index contributed by atoms with van der Waals surface area (Å²) in [5.41, 5.74) is 3.25. The van der Waals surface area contributed by atoms with Gasteiger partial charge in [0.15, 0.2) is 0 Å². The number of hydrogen-bond donors (Lipinski definition) is 1. The summed E-state index contributed by atoms with van der Waals surface area (Å²) in [6.07, 6.45) is 2.86. The van der Waals surface area contributed by atoms with E-state index in [9.17, 15) is 0 Å². The second kappa shape index (κ2) is 7.46. The third-order valence-corrected chi connectivity index (χ3v) is 3.53. The van der Waals surface area contributed by atoms with Crippen molar-refractivity contribution < 1.29 is 9.47 Å². The topological polar surface area (TPSA) is 43.4 Å². The van der Waals surface area contributed by atoms with E-state index in [2.05, 4.69) is 24.1 Å². The first-order valence-corrected chi connectivity index (χ1v) is 6.83. The second-order valence-corrected chi connectivity index (χ2v) is 4.81. The molecule has 0 spiro atoms. The fourth-order valence-corrected chi connectivity index (χ4v) is 2.37. The number of ether oxygens (including phenoxy) is 2. The van der Waals surface area contributed by atoms with Gasteiger partial charge in [-0.25, -0.2) is 0 Å². The maximum absolute atomic E-state index is 5.67. The van der Waals surface area contributed by atoms with Crippen molar-refractivity contribution in [2.75, 3.05) is 20.8 Å². The van der Waals surface area contributed by atoms with Gasteiger partial charge in [-0.15, -0.1) is 0 Å². The molecule has 4 nitrogen and oxygen atoms in total. The van der Waals surface area contributed by atoms with Gasteiger partial charge in [-0.05, 0) is 34.7 Å². The van der Waals surface area contributed by atoms with Crippen molar-refractivity contribution in [3.8, 4) is 5.75 Å². The summed E-state index contributed by atoms with van der Waals surface area (Å²) in [4.78, 5) is 4.54. The molecule has 0 saturated heterocycles. The molecule has 2 atom stereocenters. The van der Waals surface area contributed by atoms with Crippen LogP contribution in [0.15, 0.2) is 6.20 Å². The van der Waals surface area contributed by atoms with Crippen LogP contribution < -0.4 is 10.1 Å². The van der Waals surface area contributed by atoms with Gasteiger partial charge in [-0.3, -0.25) is 4.98 Å². The lowest BCUT2D eigenvalue weighted by atomic mass is 10.0. The predicted molar refractivity (Wildman–Crippen MR) is 77.9 cm³/mol. The summed E-state index contributed by atoms with van der Waals surface area (Å²) in [6.45, 7) is 8.91. The largest absolute Gasteiger partial charge is 0.496 e. The minimum Gasteiger partial charge on any atom is -0.496 e. The minimum absolute atomic E-state index is 0.156. The van der Waals surface area contributed by atoms with Gasteiger partial charge in [0.25, 0.3) is 0 Å². The predicted octanol–water partition coefficient (Wildman–Crippen LogP) is 2.26. The molecule has 1 aromatic rings. The number of nitrogens with one attached hydrogen (secondary N) is 1. The molecule has 0 saturated carbocycles. The van der Waals surface area contributed by atoms with Gasteiger partial charge in [0, 0.05) is 42.1 Å². The minimum atomic E-state index is 0.156. The zero-order valence-corrected chi connectivity index (χ0v) is 12.9. The molecular formula is C15H26N2O2. The Morgan fingerprint density at radius 3 is 2.58 bits per heavy atom. The van der Waals surface area contributed by atoms with Gasteiger partial charge in [0.05, 0.1) is 13.2 Å². The van der Waals surface area contributed by atoms with Crippen LogP contribution in [0.4, 0.5) is 0 Å². The van der Waals surface area contributed by atoms with Gasteiger partial charge in [-0.2, -0.15) is 0 Å². The number of rotatable bonds is 7. The third-order valence-electron chi connectivity index (χ3n) is 3.53. The molecule has 19 heavy (non-hydrogen) atoms. The number of nitrogens with zero attached hydrogens (tertiary/aromatic N) is 1. The van der Waals surface area contributed by atoms with Crippen LogP contribution in [0.25, 0.3) is 0 Å². The fourth-order valence-electron chi connectivity index (χ4n) is 2.37. The highest BCUT2D eigenvalue weighted by atomic mass is 16.5. The lowest BCUT2D eigenvalue weighted by Crippen LogP contribution is -2.39. The summed E-state index contributed by atoms with van der Waals surface area (Å²) < 4.78 is 11.1. The van der Waals surface area contributed by atoms with Crippen molar-refractivity contribution in [2.24, 2.45) is 0 Å². The Bertz CT molecular complexity index is 407. The van der Waals surface area contributed by atoms with Crippen molar-refractivity contribution in [1.29, 1.82) is 0 Å². The van der Waals surface area contributed by atoms with Crippen molar-refractivity contribution >= 4 is 0 Å². The molecule has 0 aliphatic carbocycles. The Hall–Kier alpha value is -1.13. The van der Waals surface area contributed by atoms with Crippen LogP contribution in [0.3, 0.4) is 0 Å². The van der Waals surface area contributed by atoms with Crippen LogP contribution in [-0.2, 0) is 11.2 Å². The molecule has 1 heterocycles. The molecular weight excluding hydrogens is 240 g/mol. The highest BCUT2D eigenvalue weighted by Gasteiger charge is 2.19. The number of pyridine rings is 1. The van der Waals surface area contributed by atoms with Crippen LogP contribution in [0.2, 0.25) is 0 Å². The Balaban J connectivity index is 2.91. The van der Waals surface area contributed by atoms with Crippen molar-refractivity contribution in [1.82, 2.24) is 10.3 Å². The van der Waals surface area contributed by atoms with E-state index in [1.165, 1.54) is 0 Å². The lowest BCUT2D eigenvalue weighted by molar-refractivity contribution is 0.0494. The number of hydrogen-bond acceptors (Lipinski definition) is 4. The first-order chi connectivity index (χ1) is 9.04. The number of aromatic nitrogens is 1. The molecule has 0 amide bonds.